The van der Waals surface area contributed by atoms with E-state index in [1.54, 1.807) is 0 Å². The number of nitrogens with one attached hydrogen (secondary N) is 1. The topological polar surface area (TPSA) is 71.3 Å². The molecule has 0 unspecified atom stereocenters. The first kappa shape index (κ1) is 21.8. The van der Waals surface area contributed by atoms with Gasteiger partial charge in [-0.15, -0.1) is 0 Å². The lowest BCUT2D eigenvalue weighted by molar-refractivity contribution is 0.0212. The van der Waals surface area contributed by atoms with Crippen molar-refractivity contribution in [3.63, 3.8) is 0 Å². The van der Waals surface area contributed by atoms with Gasteiger partial charge in [0.2, 0.25) is 0 Å². The molecule has 0 radical (unpaired) electrons. The Kier molecular flexibility index (Phi) is 5.45. The van der Waals surface area contributed by atoms with E-state index in [-0.39, 0.29) is 0 Å². The predicted molar refractivity (Wildman–Crippen MR) is 135 cm³/mol. The summed E-state index contributed by atoms with van der Waals surface area (Å²) in [5.74, 6) is 0.988. The maximum absolute atomic E-state index is 5.96. The Labute approximate surface area is 201 Å². The molecular formula is C26H35N7O. The van der Waals surface area contributed by atoms with Gasteiger partial charge in [0.15, 0.2) is 5.65 Å². The van der Waals surface area contributed by atoms with E-state index < -0.39 is 0 Å². The normalized spacial score (nSPS) is 27.4. The van der Waals surface area contributed by atoms with E-state index in [2.05, 4.69) is 59.3 Å². The smallest absolute Gasteiger partial charge is 0.159 e. The van der Waals surface area contributed by atoms with Crippen LogP contribution in [0.15, 0.2) is 24.5 Å². The quantitative estimate of drug-likeness (QED) is 0.643. The van der Waals surface area contributed by atoms with Gasteiger partial charge >= 0.3 is 0 Å². The van der Waals surface area contributed by atoms with Crippen molar-refractivity contribution in [3.05, 3.63) is 41.5 Å². The summed E-state index contributed by atoms with van der Waals surface area (Å²) in [6.07, 6.45) is 5.43. The minimum atomic E-state index is 0.293. The molecule has 0 bridgehead atoms. The summed E-state index contributed by atoms with van der Waals surface area (Å²) in [6, 6.07) is 4.98. The number of rotatable bonds is 3. The van der Waals surface area contributed by atoms with Crippen LogP contribution < -0.4 is 15.1 Å². The first-order valence-electron chi connectivity index (χ1n) is 12.6. The first-order valence-corrected chi connectivity index (χ1v) is 12.6. The van der Waals surface area contributed by atoms with Crippen molar-refractivity contribution in [2.24, 2.45) is 13.0 Å². The molecule has 6 rings (SSSR count). The van der Waals surface area contributed by atoms with Gasteiger partial charge in [-0.25, -0.2) is 4.98 Å². The van der Waals surface area contributed by atoms with Crippen LogP contribution in [0.25, 0.3) is 11.0 Å². The van der Waals surface area contributed by atoms with Crippen molar-refractivity contribution in [2.45, 2.75) is 45.3 Å². The van der Waals surface area contributed by atoms with Gasteiger partial charge in [-0.2, -0.15) is 5.10 Å². The first-order chi connectivity index (χ1) is 16.5. The number of pyridine rings is 2. The number of aryl methyl sites for hydroxylation is 3. The summed E-state index contributed by atoms with van der Waals surface area (Å²) < 4.78 is 7.83. The molecule has 3 aromatic heterocycles. The van der Waals surface area contributed by atoms with Crippen LogP contribution in [0.5, 0.6) is 0 Å². The Balaban J connectivity index is 1.19. The van der Waals surface area contributed by atoms with Gasteiger partial charge in [-0.3, -0.25) is 9.67 Å². The number of ether oxygens (including phenoxy) is 1. The van der Waals surface area contributed by atoms with Crippen LogP contribution in [-0.4, -0.2) is 71.2 Å². The average Bonchev–Trinajstić information content (AvgIpc) is 3.43. The van der Waals surface area contributed by atoms with Crippen LogP contribution in [-0.2, 0) is 11.8 Å². The molecule has 180 valence electrons. The molecule has 0 saturated carbocycles. The minimum absolute atomic E-state index is 0.293. The standard InChI is InChI=1S/C26H35N7O/c1-16-9-19(33-14-22-24(15-33)34-8-6-27-22)11-28-25(16)20-5-7-32(13-17(20)2)23-10-18(3)30-26-21(23)12-29-31(26)4/h9-12,17,20,22,24,27H,5-8,13-15H2,1-4H3/t17-,20-,22-,24-/m1/s1. The van der Waals surface area contributed by atoms with Crippen LogP contribution in [0.1, 0.15) is 36.2 Å². The van der Waals surface area contributed by atoms with E-state index in [0.29, 0.717) is 24.0 Å². The lowest BCUT2D eigenvalue weighted by Gasteiger charge is -2.39. The summed E-state index contributed by atoms with van der Waals surface area (Å²) in [5.41, 5.74) is 7.04. The van der Waals surface area contributed by atoms with Crippen LogP contribution >= 0.6 is 0 Å². The van der Waals surface area contributed by atoms with Crippen molar-refractivity contribution >= 4 is 22.4 Å². The Morgan fingerprint density at radius 1 is 1.09 bits per heavy atom. The molecular weight excluding hydrogens is 426 g/mol. The van der Waals surface area contributed by atoms with Gasteiger partial charge in [0, 0.05) is 57.1 Å². The highest BCUT2D eigenvalue weighted by Gasteiger charge is 2.36. The van der Waals surface area contributed by atoms with Crippen LogP contribution in [0, 0.1) is 19.8 Å². The van der Waals surface area contributed by atoms with Gasteiger partial charge in [-0.1, -0.05) is 6.92 Å². The Hall–Kier alpha value is -2.71. The predicted octanol–water partition coefficient (Wildman–Crippen LogP) is 2.79. The van der Waals surface area contributed by atoms with Crippen LogP contribution in [0.3, 0.4) is 0 Å². The highest BCUT2D eigenvalue weighted by atomic mass is 16.5. The Morgan fingerprint density at radius 3 is 2.76 bits per heavy atom. The molecule has 0 spiro atoms. The summed E-state index contributed by atoms with van der Waals surface area (Å²) >= 11 is 0. The van der Waals surface area contributed by atoms with E-state index in [9.17, 15) is 0 Å². The van der Waals surface area contributed by atoms with Crippen molar-refractivity contribution in [1.82, 2.24) is 25.1 Å². The highest BCUT2D eigenvalue weighted by Crippen LogP contribution is 2.38. The third-order valence-electron chi connectivity index (χ3n) is 7.98. The molecule has 8 nitrogen and oxygen atoms in total. The van der Waals surface area contributed by atoms with Crippen molar-refractivity contribution in [1.29, 1.82) is 0 Å². The van der Waals surface area contributed by atoms with E-state index in [0.717, 1.165) is 62.5 Å². The molecule has 6 heterocycles. The zero-order valence-electron chi connectivity index (χ0n) is 20.7. The van der Waals surface area contributed by atoms with Gasteiger partial charge in [0.1, 0.15) is 0 Å². The third-order valence-corrected chi connectivity index (χ3v) is 7.98. The molecule has 1 N–H and O–H groups in total. The summed E-state index contributed by atoms with van der Waals surface area (Å²) in [4.78, 5) is 14.7. The zero-order chi connectivity index (χ0) is 23.4. The van der Waals surface area contributed by atoms with E-state index in [1.807, 2.05) is 17.9 Å². The summed E-state index contributed by atoms with van der Waals surface area (Å²) in [7, 11) is 1.96. The van der Waals surface area contributed by atoms with Crippen LogP contribution in [0.2, 0.25) is 0 Å². The van der Waals surface area contributed by atoms with E-state index in [1.165, 1.54) is 22.6 Å². The number of anilines is 2. The summed E-state index contributed by atoms with van der Waals surface area (Å²) in [5, 5.41) is 9.19. The second-order valence-electron chi connectivity index (χ2n) is 10.4. The van der Waals surface area contributed by atoms with Gasteiger partial charge in [0.05, 0.1) is 47.9 Å². The van der Waals surface area contributed by atoms with E-state index >= 15 is 0 Å². The molecule has 8 heteroatoms. The van der Waals surface area contributed by atoms with Crippen molar-refractivity contribution in [3.8, 4) is 0 Å². The fraction of sp³-hybridized carbons (Fsp3) is 0.577. The molecule has 3 fully saturated rings. The summed E-state index contributed by atoms with van der Waals surface area (Å²) in [6.45, 7) is 12.4. The lowest BCUT2D eigenvalue weighted by atomic mass is 9.82. The molecule has 34 heavy (non-hydrogen) atoms. The molecule has 0 aromatic carbocycles. The second kappa shape index (κ2) is 8.50. The average molecular weight is 462 g/mol. The number of piperidine rings is 1. The molecule has 4 atom stereocenters. The molecule has 3 saturated heterocycles. The molecule has 0 amide bonds. The third kappa shape index (κ3) is 3.73. The second-order valence-corrected chi connectivity index (χ2v) is 10.4. The molecule has 3 aliphatic rings. The number of fused-ring (bicyclic) bond motifs is 2. The van der Waals surface area contributed by atoms with Crippen molar-refractivity contribution in [2.75, 3.05) is 49.1 Å². The van der Waals surface area contributed by atoms with E-state index in [4.69, 9.17) is 14.7 Å². The SMILES string of the molecule is Cc1cc(N2CC[C@@H](c3ncc(N4C[C@H]5NCCO[C@@H]5C4)cc3C)[C@H](C)C2)c2cnn(C)c2n1. The Bertz CT molecular complexity index is 1190. The number of hydrogen-bond acceptors (Lipinski definition) is 7. The van der Waals surface area contributed by atoms with Gasteiger partial charge in [0.25, 0.3) is 0 Å². The maximum Gasteiger partial charge on any atom is 0.159 e. The monoisotopic (exact) mass is 461 g/mol. The maximum atomic E-state index is 5.96. The van der Waals surface area contributed by atoms with Gasteiger partial charge < -0.3 is 19.9 Å². The number of nitrogens with zero attached hydrogens (tertiary/aromatic N) is 6. The largest absolute Gasteiger partial charge is 0.373 e. The Morgan fingerprint density at radius 2 is 1.97 bits per heavy atom. The minimum Gasteiger partial charge on any atom is -0.373 e. The molecule has 0 aliphatic carbocycles. The fourth-order valence-corrected chi connectivity index (χ4v) is 6.19. The molecule has 3 aromatic rings. The zero-order valence-corrected chi connectivity index (χ0v) is 20.7. The fourth-order valence-electron chi connectivity index (χ4n) is 6.19. The van der Waals surface area contributed by atoms with Gasteiger partial charge in [-0.05, 0) is 43.9 Å². The number of aromatic nitrogens is 4. The highest BCUT2D eigenvalue weighted by molar-refractivity contribution is 5.89. The number of hydrogen-bond donors (Lipinski definition) is 1. The van der Waals surface area contributed by atoms with Crippen molar-refractivity contribution < 1.29 is 4.74 Å². The van der Waals surface area contributed by atoms with Crippen LogP contribution in [0.4, 0.5) is 11.4 Å². The number of morpholine rings is 1. The lowest BCUT2D eigenvalue weighted by Crippen LogP contribution is -2.47. The molecule has 3 aliphatic heterocycles.